The predicted molar refractivity (Wildman–Crippen MR) is 92.4 cm³/mol. The molecule has 0 saturated heterocycles. The summed E-state index contributed by atoms with van der Waals surface area (Å²) in [6.45, 7) is 0. The third-order valence-corrected chi connectivity index (χ3v) is 5.20. The molecule has 2 unspecified atom stereocenters. The van der Waals surface area contributed by atoms with Crippen LogP contribution in [0.3, 0.4) is 0 Å². The second-order valence-corrected chi connectivity index (χ2v) is 6.70. The fourth-order valence-electron chi connectivity index (χ4n) is 3.96. The lowest BCUT2D eigenvalue weighted by Crippen LogP contribution is -2.49. The molecule has 3 nitrogen and oxygen atoms in total. The van der Waals surface area contributed by atoms with Crippen molar-refractivity contribution in [1.82, 2.24) is 5.32 Å². The Bertz CT molecular complexity index is 753. The monoisotopic (exact) mass is 306 g/mol. The van der Waals surface area contributed by atoms with Crippen LogP contribution >= 0.6 is 0 Å². The minimum absolute atomic E-state index is 0.0147. The van der Waals surface area contributed by atoms with E-state index < -0.39 is 0 Å². The van der Waals surface area contributed by atoms with E-state index >= 15 is 0 Å². The first-order valence-electron chi connectivity index (χ1n) is 8.50. The van der Waals surface area contributed by atoms with Crippen molar-refractivity contribution in [3.8, 4) is 11.1 Å². The maximum absolute atomic E-state index is 12.9. The van der Waals surface area contributed by atoms with Gasteiger partial charge in [-0.2, -0.15) is 0 Å². The molecule has 0 aromatic heterocycles. The summed E-state index contributed by atoms with van der Waals surface area (Å²) in [7, 11) is 0. The molecule has 1 fully saturated rings. The molecule has 2 atom stereocenters. The molecule has 2 aromatic carbocycles. The highest BCUT2D eigenvalue weighted by Crippen LogP contribution is 2.38. The molecule has 0 aliphatic heterocycles. The average molecular weight is 306 g/mol. The Morgan fingerprint density at radius 3 is 2.65 bits per heavy atom. The van der Waals surface area contributed by atoms with Crippen LogP contribution < -0.4 is 11.1 Å². The second-order valence-electron chi connectivity index (χ2n) is 6.70. The Kier molecular flexibility index (Phi) is 3.66. The molecular formula is C20H22N2O. The summed E-state index contributed by atoms with van der Waals surface area (Å²) in [5.74, 6) is 0.0147. The van der Waals surface area contributed by atoms with Gasteiger partial charge in [0, 0.05) is 17.6 Å². The standard InChI is InChI=1S/C20H22N2O/c21-17-10-3-4-11-18(17)22-20(23)16-9-5-7-14-12-13-6-1-2-8-15(13)19(14)16/h1-2,5-9,17-18H,3-4,10-12,21H2,(H,22,23). The highest BCUT2D eigenvalue weighted by molar-refractivity contribution is 6.03. The number of fused-ring (bicyclic) bond motifs is 3. The number of carbonyl (C=O) groups is 1. The third kappa shape index (κ3) is 2.55. The fourth-order valence-corrected chi connectivity index (χ4v) is 3.96. The van der Waals surface area contributed by atoms with Crippen LogP contribution in [0.25, 0.3) is 11.1 Å². The maximum Gasteiger partial charge on any atom is 0.252 e. The van der Waals surface area contributed by atoms with Crippen LogP contribution in [0, 0.1) is 0 Å². The predicted octanol–water partition coefficient (Wildman–Crippen LogP) is 3.26. The highest BCUT2D eigenvalue weighted by Gasteiger charge is 2.27. The smallest absolute Gasteiger partial charge is 0.252 e. The zero-order chi connectivity index (χ0) is 15.8. The van der Waals surface area contributed by atoms with Crippen LogP contribution in [-0.2, 0) is 6.42 Å². The van der Waals surface area contributed by atoms with Crippen molar-refractivity contribution in [2.45, 2.75) is 44.2 Å². The van der Waals surface area contributed by atoms with Crippen molar-refractivity contribution in [2.24, 2.45) is 5.73 Å². The van der Waals surface area contributed by atoms with E-state index in [1.54, 1.807) is 0 Å². The number of carbonyl (C=O) groups excluding carboxylic acids is 1. The summed E-state index contributed by atoms with van der Waals surface area (Å²) >= 11 is 0. The lowest BCUT2D eigenvalue weighted by Gasteiger charge is -2.29. The number of hydrogen-bond acceptors (Lipinski definition) is 2. The molecule has 0 heterocycles. The Morgan fingerprint density at radius 1 is 1.00 bits per heavy atom. The molecule has 2 aliphatic rings. The van der Waals surface area contributed by atoms with Crippen LogP contribution in [-0.4, -0.2) is 18.0 Å². The van der Waals surface area contributed by atoms with Crippen LogP contribution in [0.15, 0.2) is 42.5 Å². The van der Waals surface area contributed by atoms with Crippen LogP contribution in [0.4, 0.5) is 0 Å². The van der Waals surface area contributed by atoms with E-state index in [4.69, 9.17) is 5.73 Å². The molecule has 2 aromatic rings. The second kappa shape index (κ2) is 5.82. The van der Waals surface area contributed by atoms with Crippen LogP contribution in [0.2, 0.25) is 0 Å². The van der Waals surface area contributed by atoms with Crippen molar-refractivity contribution in [2.75, 3.05) is 0 Å². The first-order chi connectivity index (χ1) is 11.2. The SMILES string of the molecule is NC1CCCCC1NC(=O)c1cccc2c1-c1ccccc1C2. The van der Waals surface area contributed by atoms with Crippen molar-refractivity contribution < 1.29 is 4.79 Å². The van der Waals surface area contributed by atoms with Gasteiger partial charge in [-0.3, -0.25) is 4.79 Å². The Morgan fingerprint density at radius 2 is 1.78 bits per heavy atom. The summed E-state index contributed by atoms with van der Waals surface area (Å²) in [6, 6.07) is 14.6. The van der Waals surface area contributed by atoms with Gasteiger partial charge >= 0.3 is 0 Å². The molecule has 23 heavy (non-hydrogen) atoms. The molecule has 4 rings (SSSR count). The Hall–Kier alpha value is -2.13. The quantitative estimate of drug-likeness (QED) is 0.763. The zero-order valence-corrected chi connectivity index (χ0v) is 13.2. The molecule has 0 bridgehead atoms. The Labute approximate surface area is 136 Å². The summed E-state index contributed by atoms with van der Waals surface area (Å²) in [6.07, 6.45) is 5.21. The van der Waals surface area contributed by atoms with E-state index in [0.717, 1.165) is 36.8 Å². The third-order valence-electron chi connectivity index (χ3n) is 5.20. The molecule has 1 amide bonds. The maximum atomic E-state index is 12.9. The van der Waals surface area contributed by atoms with E-state index in [0.29, 0.717) is 0 Å². The van der Waals surface area contributed by atoms with Gasteiger partial charge in [-0.1, -0.05) is 49.2 Å². The van der Waals surface area contributed by atoms with Gasteiger partial charge in [0.05, 0.1) is 0 Å². The molecule has 3 N–H and O–H groups in total. The lowest BCUT2D eigenvalue weighted by molar-refractivity contribution is 0.0922. The average Bonchev–Trinajstić information content (AvgIpc) is 2.95. The number of nitrogens with two attached hydrogens (primary N) is 1. The molecule has 0 radical (unpaired) electrons. The Balaban J connectivity index is 1.66. The fraction of sp³-hybridized carbons (Fsp3) is 0.350. The zero-order valence-electron chi connectivity index (χ0n) is 13.2. The molecule has 118 valence electrons. The summed E-state index contributed by atoms with van der Waals surface area (Å²) < 4.78 is 0. The molecule has 1 saturated carbocycles. The minimum Gasteiger partial charge on any atom is -0.348 e. The minimum atomic E-state index is 0.0147. The summed E-state index contributed by atoms with van der Waals surface area (Å²) in [5.41, 5.74) is 11.8. The van der Waals surface area contributed by atoms with E-state index in [1.807, 2.05) is 18.2 Å². The van der Waals surface area contributed by atoms with Gasteiger partial charge in [0.15, 0.2) is 0 Å². The number of hydrogen-bond donors (Lipinski definition) is 2. The van der Waals surface area contributed by atoms with Crippen molar-refractivity contribution in [3.63, 3.8) is 0 Å². The van der Waals surface area contributed by atoms with E-state index in [-0.39, 0.29) is 18.0 Å². The van der Waals surface area contributed by atoms with Gasteiger partial charge in [-0.25, -0.2) is 0 Å². The van der Waals surface area contributed by atoms with E-state index in [1.165, 1.54) is 23.1 Å². The van der Waals surface area contributed by atoms with Gasteiger partial charge in [0.2, 0.25) is 0 Å². The highest BCUT2D eigenvalue weighted by atomic mass is 16.1. The number of benzene rings is 2. The van der Waals surface area contributed by atoms with E-state index in [9.17, 15) is 4.79 Å². The lowest BCUT2D eigenvalue weighted by atomic mass is 9.90. The van der Waals surface area contributed by atoms with Gasteiger partial charge in [-0.15, -0.1) is 0 Å². The van der Waals surface area contributed by atoms with Gasteiger partial charge in [0.25, 0.3) is 5.91 Å². The molecular weight excluding hydrogens is 284 g/mol. The van der Waals surface area contributed by atoms with Crippen molar-refractivity contribution in [1.29, 1.82) is 0 Å². The number of amides is 1. The molecule has 0 spiro atoms. The van der Waals surface area contributed by atoms with Gasteiger partial charge in [0.1, 0.15) is 0 Å². The normalized spacial score (nSPS) is 22.3. The van der Waals surface area contributed by atoms with Crippen molar-refractivity contribution >= 4 is 5.91 Å². The van der Waals surface area contributed by atoms with Gasteiger partial charge < -0.3 is 11.1 Å². The molecule has 2 aliphatic carbocycles. The topological polar surface area (TPSA) is 55.1 Å². The number of rotatable bonds is 2. The van der Waals surface area contributed by atoms with E-state index in [2.05, 4.69) is 29.6 Å². The van der Waals surface area contributed by atoms with Crippen LogP contribution in [0.5, 0.6) is 0 Å². The first-order valence-corrected chi connectivity index (χ1v) is 8.50. The number of nitrogens with one attached hydrogen (secondary N) is 1. The van der Waals surface area contributed by atoms with Crippen LogP contribution in [0.1, 0.15) is 47.2 Å². The largest absolute Gasteiger partial charge is 0.348 e. The van der Waals surface area contributed by atoms with Crippen molar-refractivity contribution in [3.05, 3.63) is 59.2 Å². The van der Waals surface area contributed by atoms with Gasteiger partial charge in [-0.05, 0) is 47.6 Å². The first kappa shape index (κ1) is 14.5. The summed E-state index contributed by atoms with van der Waals surface area (Å²) in [5, 5.41) is 3.18. The summed E-state index contributed by atoms with van der Waals surface area (Å²) in [4.78, 5) is 12.9. The molecule has 3 heteroatoms.